The molecule has 0 saturated carbocycles. The molecule has 0 spiro atoms. The molecule has 1 aromatic carbocycles. The van der Waals surface area contributed by atoms with Crippen molar-refractivity contribution in [2.45, 2.75) is 39.6 Å². The SMILES string of the molecule is Cc1ccc(COCC2CNCC(C)O2)cc1C. The third-order valence-electron chi connectivity index (χ3n) is 3.37. The van der Waals surface area contributed by atoms with Gasteiger partial charge in [0.25, 0.3) is 0 Å². The van der Waals surface area contributed by atoms with Gasteiger partial charge < -0.3 is 14.8 Å². The van der Waals surface area contributed by atoms with E-state index in [2.05, 4.69) is 44.3 Å². The summed E-state index contributed by atoms with van der Waals surface area (Å²) in [5.41, 5.74) is 3.88. The molecular formula is C15H23NO2. The van der Waals surface area contributed by atoms with Crippen LogP contribution < -0.4 is 5.32 Å². The summed E-state index contributed by atoms with van der Waals surface area (Å²) in [6.45, 7) is 9.49. The normalized spacial score (nSPS) is 24.2. The monoisotopic (exact) mass is 249 g/mol. The maximum absolute atomic E-state index is 5.78. The summed E-state index contributed by atoms with van der Waals surface area (Å²) >= 11 is 0. The Morgan fingerprint density at radius 1 is 1.28 bits per heavy atom. The van der Waals surface area contributed by atoms with E-state index in [1.165, 1.54) is 16.7 Å². The van der Waals surface area contributed by atoms with Crippen LogP contribution in [0.2, 0.25) is 0 Å². The lowest BCUT2D eigenvalue weighted by atomic mass is 10.1. The van der Waals surface area contributed by atoms with Crippen LogP contribution in [0.25, 0.3) is 0 Å². The molecule has 0 amide bonds. The second-order valence-corrected chi connectivity index (χ2v) is 5.16. The van der Waals surface area contributed by atoms with Crippen molar-refractivity contribution in [3.8, 4) is 0 Å². The van der Waals surface area contributed by atoms with Gasteiger partial charge in [-0.1, -0.05) is 18.2 Å². The molecule has 1 aliphatic rings. The first-order chi connectivity index (χ1) is 8.65. The minimum atomic E-state index is 0.181. The van der Waals surface area contributed by atoms with Crippen LogP contribution in [-0.4, -0.2) is 31.9 Å². The van der Waals surface area contributed by atoms with Gasteiger partial charge in [0.15, 0.2) is 0 Å². The van der Waals surface area contributed by atoms with Crippen LogP contribution in [0.5, 0.6) is 0 Å². The smallest absolute Gasteiger partial charge is 0.0936 e. The summed E-state index contributed by atoms with van der Waals surface area (Å²) in [6.07, 6.45) is 0.467. The Balaban J connectivity index is 1.76. The van der Waals surface area contributed by atoms with Crippen molar-refractivity contribution in [2.75, 3.05) is 19.7 Å². The Labute approximate surface area is 109 Å². The average molecular weight is 249 g/mol. The van der Waals surface area contributed by atoms with Crippen LogP contribution in [0.15, 0.2) is 18.2 Å². The highest BCUT2D eigenvalue weighted by Crippen LogP contribution is 2.11. The largest absolute Gasteiger partial charge is 0.374 e. The number of hydrogen-bond donors (Lipinski definition) is 1. The van der Waals surface area contributed by atoms with E-state index in [0.717, 1.165) is 13.1 Å². The predicted octanol–water partition coefficient (Wildman–Crippen LogP) is 2.20. The van der Waals surface area contributed by atoms with E-state index in [1.807, 2.05) is 0 Å². The molecule has 3 nitrogen and oxygen atoms in total. The molecule has 0 aromatic heterocycles. The fourth-order valence-corrected chi connectivity index (χ4v) is 2.17. The van der Waals surface area contributed by atoms with Gasteiger partial charge in [0.2, 0.25) is 0 Å². The molecule has 1 heterocycles. The zero-order valence-corrected chi connectivity index (χ0v) is 11.5. The van der Waals surface area contributed by atoms with E-state index in [1.54, 1.807) is 0 Å². The van der Waals surface area contributed by atoms with Crippen molar-refractivity contribution < 1.29 is 9.47 Å². The Morgan fingerprint density at radius 2 is 2.11 bits per heavy atom. The van der Waals surface area contributed by atoms with Gasteiger partial charge in [-0.25, -0.2) is 0 Å². The summed E-state index contributed by atoms with van der Waals surface area (Å²) in [5, 5.41) is 3.34. The van der Waals surface area contributed by atoms with Crippen molar-refractivity contribution in [1.82, 2.24) is 5.32 Å². The van der Waals surface area contributed by atoms with E-state index in [-0.39, 0.29) is 12.2 Å². The second-order valence-electron chi connectivity index (χ2n) is 5.16. The summed E-state index contributed by atoms with van der Waals surface area (Å²) in [7, 11) is 0. The fraction of sp³-hybridized carbons (Fsp3) is 0.600. The number of nitrogens with one attached hydrogen (secondary N) is 1. The highest BCUT2D eigenvalue weighted by atomic mass is 16.5. The lowest BCUT2D eigenvalue weighted by molar-refractivity contribution is -0.0716. The van der Waals surface area contributed by atoms with Gasteiger partial charge in [0, 0.05) is 13.1 Å². The Kier molecular flexibility index (Phi) is 4.75. The third kappa shape index (κ3) is 3.80. The highest BCUT2D eigenvalue weighted by molar-refractivity contribution is 5.29. The molecule has 0 radical (unpaired) electrons. The number of benzene rings is 1. The molecular weight excluding hydrogens is 226 g/mol. The molecule has 1 N–H and O–H groups in total. The Morgan fingerprint density at radius 3 is 2.83 bits per heavy atom. The second kappa shape index (κ2) is 6.32. The topological polar surface area (TPSA) is 30.5 Å². The van der Waals surface area contributed by atoms with Gasteiger partial charge in [0.1, 0.15) is 0 Å². The molecule has 0 bridgehead atoms. The first-order valence-electron chi connectivity index (χ1n) is 6.65. The van der Waals surface area contributed by atoms with Gasteiger partial charge in [-0.05, 0) is 37.5 Å². The minimum Gasteiger partial charge on any atom is -0.374 e. The quantitative estimate of drug-likeness (QED) is 0.887. The molecule has 1 saturated heterocycles. The zero-order chi connectivity index (χ0) is 13.0. The molecule has 3 heteroatoms. The van der Waals surface area contributed by atoms with Crippen molar-refractivity contribution >= 4 is 0 Å². The Hall–Kier alpha value is -0.900. The van der Waals surface area contributed by atoms with Crippen molar-refractivity contribution in [3.63, 3.8) is 0 Å². The minimum absolute atomic E-state index is 0.181. The summed E-state index contributed by atoms with van der Waals surface area (Å²) in [5.74, 6) is 0. The predicted molar refractivity (Wildman–Crippen MR) is 72.8 cm³/mol. The molecule has 100 valence electrons. The van der Waals surface area contributed by atoms with Gasteiger partial charge in [-0.15, -0.1) is 0 Å². The molecule has 0 aliphatic carbocycles. The maximum Gasteiger partial charge on any atom is 0.0936 e. The Bertz CT molecular complexity index is 392. The van der Waals surface area contributed by atoms with Gasteiger partial charge >= 0.3 is 0 Å². The first-order valence-corrected chi connectivity index (χ1v) is 6.65. The van der Waals surface area contributed by atoms with E-state index >= 15 is 0 Å². The van der Waals surface area contributed by atoms with E-state index in [4.69, 9.17) is 9.47 Å². The summed E-state index contributed by atoms with van der Waals surface area (Å²) < 4.78 is 11.5. The molecule has 1 aliphatic heterocycles. The third-order valence-corrected chi connectivity index (χ3v) is 3.37. The standard InChI is InChI=1S/C15H23NO2/c1-11-4-5-14(6-12(11)2)9-17-10-15-8-16-7-13(3)18-15/h4-6,13,15-16H,7-10H2,1-3H3. The van der Waals surface area contributed by atoms with Crippen molar-refractivity contribution in [3.05, 3.63) is 34.9 Å². The van der Waals surface area contributed by atoms with Gasteiger partial charge in [0.05, 0.1) is 25.4 Å². The van der Waals surface area contributed by atoms with Crippen LogP contribution in [-0.2, 0) is 16.1 Å². The van der Waals surface area contributed by atoms with Crippen LogP contribution in [0.4, 0.5) is 0 Å². The van der Waals surface area contributed by atoms with Gasteiger partial charge in [-0.3, -0.25) is 0 Å². The average Bonchev–Trinajstić information content (AvgIpc) is 2.34. The molecule has 2 unspecified atom stereocenters. The van der Waals surface area contributed by atoms with E-state index in [0.29, 0.717) is 13.2 Å². The molecule has 2 rings (SSSR count). The lowest BCUT2D eigenvalue weighted by Crippen LogP contribution is -2.45. The van der Waals surface area contributed by atoms with Crippen molar-refractivity contribution in [1.29, 1.82) is 0 Å². The fourth-order valence-electron chi connectivity index (χ4n) is 2.17. The van der Waals surface area contributed by atoms with Crippen LogP contribution in [0.3, 0.4) is 0 Å². The van der Waals surface area contributed by atoms with E-state index < -0.39 is 0 Å². The number of hydrogen-bond acceptors (Lipinski definition) is 3. The number of rotatable bonds is 4. The van der Waals surface area contributed by atoms with Crippen LogP contribution >= 0.6 is 0 Å². The highest BCUT2D eigenvalue weighted by Gasteiger charge is 2.18. The molecule has 1 fully saturated rings. The lowest BCUT2D eigenvalue weighted by Gasteiger charge is -2.28. The van der Waals surface area contributed by atoms with Crippen LogP contribution in [0, 0.1) is 13.8 Å². The van der Waals surface area contributed by atoms with Crippen LogP contribution in [0.1, 0.15) is 23.6 Å². The molecule has 2 atom stereocenters. The zero-order valence-electron chi connectivity index (χ0n) is 11.5. The summed E-state index contributed by atoms with van der Waals surface area (Å²) in [6, 6.07) is 6.47. The van der Waals surface area contributed by atoms with Crippen molar-refractivity contribution in [2.24, 2.45) is 0 Å². The number of morpholine rings is 1. The molecule has 1 aromatic rings. The molecule has 18 heavy (non-hydrogen) atoms. The first kappa shape index (κ1) is 13.5. The number of aryl methyl sites for hydroxylation is 2. The van der Waals surface area contributed by atoms with Gasteiger partial charge in [-0.2, -0.15) is 0 Å². The number of ether oxygens (including phenoxy) is 2. The maximum atomic E-state index is 5.78. The van der Waals surface area contributed by atoms with E-state index in [9.17, 15) is 0 Å². The summed E-state index contributed by atoms with van der Waals surface area (Å²) in [4.78, 5) is 0.